The molecular formula is C13H26N4S. The molecule has 0 spiro atoms. The molecule has 0 fully saturated rings. The van der Waals surface area contributed by atoms with Crippen molar-refractivity contribution >= 4 is 16.7 Å². The van der Waals surface area contributed by atoms with Gasteiger partial charge in [-0.1, -0.05) is 13.8 Å². The lowest BCUT2D eigenvalue weighted by atomic mass is 10.2. The van der Waals surface area contributed by atoms with Gasteiger partial charge in [0.1, 0.15) is 5.82 Å². The van der Waals surface area contributed by atoms with Gasteiger partial charge >= 0.3 is 0 Å². The van der Waals surface area contributed by atoms with Crippen molar-refractivity contribution in [1.29, 1.82) is 0 Å². The highest BCUT2D eigenvalue weighted by Gasteiger charge is 2.13. The van der Waals surface area contributed by atoms with Gasteiger partial charge in [-0.2, -0.15) is 4.37 Å². The van der Waals surface area contributed by atoms with E-state index in [1.807, 2.05) is 0 Å². The van der Waals surface area contributed by atoms with E-state index in [9.17, 15) is 0 Å². The lowest BCUT2D eigenvalue weighted by molar-refractivity contribution is 0.182. The molecule has 0 saturated carbocycles. The molecule has 0 bridgehead atoms. The van der Waals surface area contributed by atoms with E-state index in [4.69, 9.17) is 0 Å². The Balaban J connectivity index is 2.40. The summed E-state index contributed by atoms with van der Waals surface area (Å²) in [6, 6.07) is 1.15. The molecule has 0 aromatic carbocycles. The third-order valence-corrected chi connectivity index (χ3v) is 3.62. The topological polar surface area (TPSA) is 41.1 Å². The largest absolute Gasteiger partial charge is 0.359 e. The van der Waals surface area contributed by atoms with Gasteiger partial charge in [0.25, 0.3) is 0 Å². The minimum Gasteiger partial charge on any atom is -0.359 e. The van der Waals surface area contributed by atoms with E-state index in [1.54, 1.807) is 0 Å². The molecule has 104 valence electrons. The molecule has 5 heteroatoms. The summed E-state index contributed by atoms with van der Waals surface area (Å²) in [6.45, 7) is 15.1. The van der Waals surface area contributed by atoms with Gasteiger partial charge in [0.15, 0.2) is 0 Å². The summed E-state index contributed by atoms with van der Waals surface area (Å²) in [5, 5.41) is 4.30. The zero-order valence-corrected chi connectivity index (χ0v) is 13.2. The fourth-order valence-electron chi connectivity index (χ4n) is 1.95. The third kappa shape index (κ3) is 4.53. The third-order valence-electron chi connectivity index (χ3n) is 2.93. The minimum atomic E-state index is 0.402. The van der Waals surface area contributed by atoms with Crippen LogP contribution >= 0.6 is 11.5 Å². The molecule has 0 unspecified atom stereocenters. The fraction of sp³-hybridized carbons (Fsp3) is 0.846. The second-order valence-corrected chi connectivity index (χ2v) is 6.22. The first kappa shape index (κ1) is 15.4. The summed E-state index contributed by atoms with van der Waals surface area (Å²) in [6.07, 6.45) is 0. The van der Waals surface area contributed by atoms with Crippen LogP contribution in [0.15, 0.2) is 0 Å². The van der Waals surface area contributed by atoms with Crippen LogP contribution < -0.4 is 5.32 Å². The van der Waals surface area contributed by atoms with Crippen LogP contribution in [0.1, 0.15) is 53.3 Å². The van der Waals surface area contributed by atoms with Crippen LogP contribution in [0, 0.1) is 0 Å². The van der Waals surface area contributed by atoms with E-state index < -0.39 is 0 Å². The van der Waals surface area contributed by atoms with Crippen molar-refractivity contribution in [2.24, 2.45) is 0 Å². The van der Waals surface area contributed by atoms with Crippen molar-refractivity contribution in [3.63, 3.8) is 0 Å². The van der Waals surface area contributed by atoms with Crippen LogP contribution in [0.4, 0.5) is 5.13 Å². The summed E-state index contributed by atoms with van der Waals surface area (Å²) in [7, 11) is 0. The van der Waals surface area contributed by atoms with Gasteiger partial charge in [0.2, 0.25) is 5.13 Å². The molecule has 0 atom stereocenters. The van der Waals surface area contributed by atoms with E-state index in [0.717, 1.165) is 24.0 Å². The Morgan fingerprint density at radius 2 is 1.72 bits per heavy atom. The van der Waals surface area contributed by atoms with E-state index in [1.165, 1.54) is 11.5 Å². The molecule has 0 radical (unpaired) electrons. The molecule has 1 N–H and O–H groups in total. The quantitative estimate of drug-likeness (QED) is 0.826. The Morgan fingerprint density at radius 3 is 2.17 bits per heavy atom. The maximum atomic E-state index is 4.47. The number of anilines is 1. The second-order valence-electron chi connectivity index (χ2n) is 5.46. The van der Waals surface area contributed by atoms with Crippen molar-refractivity contribution in [2.45, 2.75) is 59.5 Å². The van der Waals surface area contributed by atoms with Crippen molar-refractivity contribution in [3.8, 4) is 0 Å². The molecule has 0 saturated heterocycles. The Labute approximate surface area is 115 Å². The maximum absolute atomic E-state index is 4.47. The highest BCUT2D eigenvalue weighted by Crippen LogP contribution is 2.17. The lowest BCUT2D eigenvalue weighted by Gasteiger charge is -2.30. The van der Waals surface area contributed by atoms with Crippen LogP contribution in [-0.4, -0.2) is 39.4 Å². The fourth-order valence-corrected chi connectivity index (χ4v) is 2.68. The zero-order chi connectivity index (χ0) is 13.7. The summed E-state index contributed by atoms with van der Waals surface area (Å²) in [4.78, 5) is 6.94. The monoisotopic (exact) mass is 270 g/mol. The molecule has 1 rings (SSSR count). The predicted molar refractivity (Wildman–Crippen MR) is 79.5 cm³/mol. The Bertz CT molecular complexity index is 339. The van der Waals surface area contributed by atoms with Crippen LogP contribution in [0.5, 0.6) is 0 Å². The molecule has 0 amide bonds. The lowest BCUT2D eigenvalue weighted by Crippen LogP contribution is -2.40. The van der Waals surface area contributed by atoms with Crippen LogP contribution in [0.3, 0.4) is 0 Å². The molecule has 0 aliphatic rings. The molecular weight excluding hydrogens is 244 g/mol. The van der Waals surface area contributed by atoms with Gasteiger partial charge in [-0.25, -0.2) is 4.98 Å². The van der Waals surface area contributed by atoms with Crippen molar-refractivity contribution in [2.75, 3.05) is 18.4 Å². The summed E-state index contributed by atoms with van der Waals surface area (Å²) < 4.78 is 4.34. The Kier molecular flexibility index (Phi) is 6.02. The molecule has 0 aliphatic carbocycles. The van der Waals surface area contributed by atoms with Gasteiger partial charge in [-0.05, 0) is 27.7 Å². The molecule has 18 heavy (non-hydrogen) atoms. The molecule has 4 nitrogen and oxygen atoms in total. The normalized spacial score (nSPS) is 12.1. The summed E-state index contributed by atoms with van der Waals surface area (Å²) >= 11 is 1.46. The highest BCUT2D eigenvalue weighted by molar-refractivity contribution is 7.09. The first-order chi connectivity index (χ1) is 8.41. The van der Waals surface area contributed by atoms with E-state index in [-0.39, 0.29) is 0 Å². The van der Waals surface area contributed by atoms with E-state index in [0.29, 0.717) is 18.0 Å². The SMILES string of the molecule is CC(C)c1nsc(NCCN(C(C)C)C(C)C)n1. The smallest absolute Gasteiger partial charge is 0.202 e. The number of hydrogen-bond acceptors (Lipinski definition) is 5. The number of rotatable bonds is 7. The number of aromatic nitrogens is 2. The van der Waals surface area contributed by atoms with E-state index >= 15 is 0 Å². The van der Waals surface area contributed by atoms with Crippen molar-refractivity contribution in [1.82, 2.24) is 14.3 Å². The average molecular weight is 270 g/mol. The molecule has 1 aromatic heterocycles. The van der Waals surface area contributed by atoms with Crippen molar-refractivity contribution in [3.05, 3.63) is 5.82 Å². The van der Waals surface area contributed by atoms with Gasteiger partial charge in [0, 0.05) is 42.6 Å². The van der Waals surface area contributed by atoms with Gasteiger partial charge < -0.3 is 5.32 Å². The zero-order valence-electron chi connectivity index (χ0n) is 12.4. The summed E-state index contributed by atoms with van der Waals surface area (Å²) in [5.41, 5.74) is 0. The average Bonchev–Trinajstić information content (AvgIpc) is 2.71. The molecule has 0 aliphatic heterocycles. The van der Waals surface area contributed by atoms with Crippen LogP contribution in [0.2, 0.25) is 0 Å². The second kappa shape index (κ2) is 7.04. The summed E-state index contributed by atoms with van der Waals surface area (Å²) in [5.74, 6) is 1.34. The standard InChI is InChI=1S/C13H26N4S/c1-9(2)12-15-13(18-16-12)14-7-8-17(10(3)4)11(5)6/h9-11H,7-8H2,1-6H3,(H,14,15,16). The van der Waals surface area contributed by atoms with Crippen LogP contribution in [0.25, 0.3) is 0 Å². The Hall–Kier alpha value is -0.680. The minimum absolute atomic E-state index is 0.402. The molecule has 1 heterocycles. The first-order valence-electron chi connectivity index (χ1n) is 6.75. The highest BCUT2D eigenvalue weighted by atomic mass is 32.1. The molecule has 1 aromatic rings. The predicted octanol–water partition coefficient (Wildman–Crippen LogP) is 3.19. The van der Waals surface area contributed by atoms with Crippen molar-refractivity contribution < 1.29 is 0 Å². The number of nitrogens with one attached hydrogen (secondary N) is 1. The maximum Gasteiger partial charge on any atom is 0.202 e. The van der Waals surface area contributed by atoms with E-state index in [2.05, 4.69) is 61.1 Å². The van der Waals surface area contributed by atoms with Gasteiger partial charge in [-0.15, -0.1) is 0 Å². The van der Waals surface area contributed by atoms with Crippen LogP contribution in [-0.2, 0) is 0 Å². The van der Waals surface area contributed by atoms with Gasteiger partial charge in [0.05, 0.1) is 0 Å². The first-order valence-corrected chi connectivity index (χ1v) is 7.52. The number of hydrogen-bond donors (Lipinski definition) is 1. The van der Waals surface area contributed by atoms with Gasteiger partial charge in [-0.3, -0.25) is 4.90 Å². The number of nitrogens with zero attached hydrogens (tertiary/aromatic N) is 3. The Morgan fingerprint density at radius 1 is 1.11 bits per heavy atom.